The fourth-order valence-electron chi connectivity index (χ4n) is 2.81. The molecule has 0 atom stereocenters. The molecule has 1 heterocycles. The van der Waals surface area contributed by atoms with Gasteiger partial charge in [-0.2, -0.15) is 0 Å². The molecule has 2 N–H and O–H groups in total. The number of aryl methyl sites for hydroxylation is 3. The summed E-state index contributed by atoms with van der Waals surface area (Å²) in [4.78, 5) is 11.9. The van der Waals surface area contributed by atoms with E-state index in [-0.39, 0.29) is 5.69 Å². The molecule has 114 valence electrons. The summed E-state index contributed by atoms with van der Waals surface area (Å²) < 4.78 is 3.40. The molecule has 1 aromatic heterocycles. The summed E-state index contributed by atoms with van der Waals surface area (Å²) in [6.07, 6.45) is 0. The van der Waals surface area contributed by atoms with Gasteiger partial charge in [0.15, 0.2) is 0 Å². The maximum Gasteiger partial charge on any atom is 0.328 e. The Hall–Kier alpha value is -2.33. The van der Waals surface area contributed by atoms with Gasteiger partial charge in [0.05, 0.1) is 11.0 Å². The van der Waals surface area contributed by atoms with Crippen LogP contribution in [0, 0.1) is 6.92 Å². The Balaban J connectivity index is 1.73. The molecule has 0 saturated carbocycles. The molecule has 0 saturated heterocycles. The number of quaternary nitrogens is 1. The molecule has 0 aliphatic heterocycles. The molecule has 22 heavy (non-hydrogen) atoms. The van der Waals surface area contributed by atoms with Gasteiger partial charge in [0.25, 0.3) is 0 Å². The lowest BCUT2D eigenvalue weighted by atomic mass is 10.1. The average Bonchev–Trinajstić information content (AvgIpc) is 2.74. The minimum atomic E-state index is 0.0239. The first-order valence-electron chi connectivity index (χ1n) is 7.58. The fraction of sp³-hybridized carbons (Fsp3) is 0.278. The predicted molar refractivity (Wildman–Crippen MR) is 88.7 cm³/mol. The number of imidazole rings is 1. The van der Waals surface area contributed by atoms with Gasteiger partial charge in [0.1, 0.15) is 13.1 Å². The van der Waals surface area contributed by atoms with Gasteiger partial charge in [0.2, 0.25) is 0 Å². The van der Waals surface area contributed by atoms with E-state index in [0.29, 0.717) is 0 Å². The molecule has 0 radical (unpaired) electrons. The van der Waals surface area contributed by atoms with Crippen molar-refractivity contribution in [2.24, 2.45) is 14.1 Å². The third-order valence-corrected chi connectivity index (χ3v) is 4.22. The molecule has 0 spiro atoms. The van der Waals surface area contributed by atoms with Crippen molar-refractivity contribution in [3.05, 3.63) is 69.6 Å². The Kier molecular flexibility index (Phi) is 3.86. The zero-order chi connectivity index (χ0) is 15.7. The summed E-state index contributed by atoms with van der Waals surface area (Å²) in [6.45, 7) is 3.98. The van der Waals surface area contributed by atoms with Gasteiger partial charge >= 0.3 is 5.69 Å². The van der Waals surface area contributed by atoms with E-state index in [1.165, 1.54) is 16.7 Å². The Morgan fingerprint density at radius 2 is 1.45 bits per heavy atom. The van der Waals surface area contributed by atoms with Crippen LogP contribution < -0.4 is 11.0 Å². The van der Waals surface area contributed by atoms with Crippen molar-refractivity contribution < 1.29 is 5.32 Å². The smallest absolute Gasteiger partial charge is 0.328 e. The molecule has 0 bridgehead atoms. The first-order valence-corrected chi connectivity index (χ1v) is 7.58. The molecule has 0 aliphatic carbocycles. The van der Waals surface area contributed by atoms with Crippen LogP contribution in [-0.2, 0) is 27.2 Å². The zero-order valence-electron chi connectivity index (χ0n) is 13.3. The van der Waals surface area contributed by atoms with Gasteiger partial charge in [-0.15, -0.1) is 0 Å². The number of rotatable bonds is 4. The van der Waals surface area contributed by atoms with Gasteiger partial charge in [-0.25, -0.2) is 4.79 Å². The monoisotopic (exact) mass is 296 g/mol. The van der Waals surface area contributed by atoms with Crippen LogP contribution in [0.25, 0.3) is 11.0 Å². The van der Waals surface area contributed by atoms with E-state index in [0.717, 1.165) is 24.1 Å². The minimum Gasteiger partial charge on any atom is -0.339 e. The topological polar surface area (TPSA) is 43.5 Å². The summed E-state index contributed by atoms with van der Waals surface area (Å²) in [5.41, 5.74) is 5.86. The second kappa shape index (κ2) is 5.81. The number of aromatic nitrogens is 2. The zero-order valence-corrected chi connectivity index (χ0v) is 13.3. The lowest BCUT2D eigenvalue weighted by Crippen LogP contribution is -2.80. The molecule has 2 aromatic carbocycles. The first kappa shape index (κ1) is 14.6. The van der Waals surface area contributed by atoms with Crippen LogP contribution in [0.1, 0.15) is 16.7 Å². The Bertz CT molecular complexity index is 856. The summed E-state index contributed by atoms with van der Waals surface area (Å²) in [6, 6.07) is 14.9. The highest BCUT2D eigenvalue weighted by Crippen LogP contribution is 2.13. The van der Waals surface area contributed by atoms with E-state index in [1.807, 2.05) is 20.2 Å². The van der Waals surface area contributed by atoms with Crippen molar-refractivity contribution in [3.63, 3.8) is 0 Å². The third-order valence-electron chi connectivity index (χ3n) is 4.22. The first-order chi connectivity index (χ1) is 10.6. The Morgan fingerprint density at radius 3 is 2.18 bits per heavy atom. The number of hydrogen-bond donors (Lipinski definition) is 1. The van der Waals surface area contributed by atoms with E-state index >= 15 is 0 Å². The van der Waals surface area contributed by atoms with E-state index in [2.05, 4.69) is 48.6 Å². The number of benzene rings is 2. The maximum atomic E-state index is 11.9. The van der Waals surface area contributed by atoms with Crippen molar-refractivity contribution in [2.45, 2.75) is 20.0 Å². The van der Waals surface area contributed by atoms with Crippen LogP contribution in [0.3, 0.4) is 0 Å². The normalized spacial score (nSPS) is 11.2. The van der Waals surface area contributed by atoms with E-state index in [9.17, 15) is 4.79 Å². The van der Waals surface area contributed by atoms with E-state index in [1.54, 1.807) is 9.13 Å². The molecule has 4 heteroatoms. The highest BCUT2D eigenvalue weighted by Gasteiger charge is 2.08. The quantitative estimate of drug-likeness (QED) is 0.778. The van der Waals surface area contributed by atoms with Crippen molar-refractivity contribution in [1.82, 2.24) is 9.13 Å². The van der Waals surface area contributed by atoms with Crippen molar-refractivity contribution in [2.75, 3.05) is 0 Å². The molecule has 0 aliphatic rings. The summed E-state index contributed by atoms with van der Waals surface area (Å²) >= 11 is 0. The van der Waals surface area contributed by atoms with E-state index < -0.39 is 0 Å². The second-order valence-electron chi connectivity index (χ2n) is 5.91. The largest absolute Gasteiger partial charge is 0.339 e. The lowest BCUT2D eigenvalue weighted by molar-refractivity contribution is -0.686. The van der Waals surface area contributed by atoms with Gasteiger partial charge in [-0.05, 0) is 19.1 Å². The predicted octanol–water partition coefficient (Wildman–Crippen LogP) is 1.45. The third kappa shape index (κ3) is 2.70. The van der Waals surface area contributed by atoms with E-state index in [4.69, 9.17) is 0 Å². The summed E-state index contributed by atoms with van der Waals surface area (Å²) in [5.74, 6) is 0. The van der Waals surface area contributed by atoms with Crippen molar-refractivity contribution >= 4 is 11.0 Å². The molecule has 0 amide bonds. The lowest BCUT2D eigenvalue weighted by Gasteiger charge is -2.04. The molecule has 3 rings (SSSR count). The number of nitrogens with zero attached hydrogens (tertiary/aromatic N) is 2. The van der Waals surface area contributed by atoms with Crippen molar-refractivity contribution in [3.8, 4) is 0 Å². The van der Waals surface area contributed by atoms with Gasteiger partial charge in [-0.1, -0.05) is 35.9 Å². The van der Waals surface area contributed by atoms with Gasteiger partial charge < -0.3 is 5.32 Å². The SMILES string of the molecule is Cc1ccc(C[NH2+]Cc2ccc3c(c2)n(C)c(=O)n3C)cc1. The fourth-order valence-corrected chi connectivity index (χ4v) is 2.81. The molecular formula is C18H22N3O+. The molecule has 0 unspecified atom stereocenters. The number of nitrogens with two attached hydrogens (primary N) is 1. The highest BCUT2D eigenvalue weighted by atomic mass is 16.1. The van der Waals surface area contributed by atoms with Crippen LogP contribution in [0.15, 0.2) is 47.3 Å². The van der Waals surface area contributed by atoms with Crippen LogP contribution in [-0.4, -0.2) is 9.13 Å². The Labute approximate surface area is 130 Å². The van der Waals surface area contributed by atoms with Crippen LogP contribution in [0.4, 0.5) is 0 Å². The standard InChI is InChI=1S/C18H21N3O/c1-13-4-6-14(7-5-13)11-19-12-15-8-9-16-17(10-15)21(3)18(22)20(16)2/h4-10,19H,11-12H2,1-3H3/p+1. The molecular weight excluding hydrogens is 274 g/mol. The minimum absolute atomic E-state index is 0.0239. The second-order valence-corrected chi connectivity index (χ2v) is 5.91. The van der Waals surface area contributed by atoms with Gasteiger partial charge in [-0.3, -0.25) is 9.13 Å². The summed E-state index contributed by atoms with van der Waals surface area (Å²) in [7, 11) is 3.64. The van der Waals surface area contributed by atoms with Crippen LogP contribution >= 0.6 is 0 Å². The number of fused-ring (bicyclic) bond motifs is 1. The van der Waals surface area contributed by atoms with Crippen LogP contribution in [0.2, 0.25) is 0 Å². The highest BCUT2D eigenvalue weighted by molar-refractivity contribution is 5.76. The average molecular weight is 296 g/mol. The molecule has 0 fully saturated rings. The Morgan fingerprint density at radius 1 is 0.864 bits per heavy atom. The van der Waals surface area contributed by atoms with Crippen molar-refractivity contribution in [1.29, 1.82) is 0 Å². The molecule has 4 nitrogen and oxygen atoms in total. The van der Waals surface area contributed by atoms with Crippen LogP contribution in [0.5, 0.6) is 0 Å². The van der Waals surface area contributed by atoms with Gasteiger partial charge in [0, 0.05) is 25.2 Å². The molecule has 3 aromatic rings. The number of hydrogen-bond acceptors (Lipinski definition) is 1. The maximum absolute atomic E-state index is 11.9. The summed E-state index contributed by atoms with van der Waals surface area (Å²) in [5, 5.41) is 2.28.